The molecule has 0 bridgehead atoms. The second kappa shape index (κ2) is 5.00. The lowest BCUT2D eigenvalue weighted by Gasteiger charge is -2.11. The van der Waals surface area contributed by atoms with Crippen molar-refractivity contribution in [3.05, 3.63) is 39.4 Å². The zero-order chi connectivity index (χ0) is 12.4. The molecule has 2 aromatic rings. The second-order valence-corrected chi connectivity index (χ2v) is 5.29. The first-order valence-electron chi connectivity index (χ1n) is 5.76. The summed E-state index contributed by atoms with van der Waals surface area (Å²) in [6.07, 6.45) is 2.70. The van der Waals surface area contributed by atoms with E-state index in [1.165, 1.54) is 0 Å². The monoisotopic (exact) mass is 294 g/mol. The van der Waals surface area contributed by atoms with Gasteiger partial charge in [0.2, 0.25) is 0 Å². The topological polar surface area (TPSA) is 34.9 Å². The summed E-state index contributed by atoms with van der Waals surface area (Å²) < 4.78 is 2.64. The molecule has 17 heavy (non-hydrogen) atoms. The maximum Gasteiger partial charge on any atom is 0.261 e. The van der Waals surface area contributed by atoms with Crippen LogP contribution in [0.2, 0.25) is 0 Å². The average molecular weight is 295 g/mol. The van der Waals surface area contributed by atoms with Gasteiger partial charge in [-0.05, 0) is 24.1 Å². The molecule has 1 aromatic heterocycles. The number of nitrogens with zero attached hydrogens (tertiary/aromatic N) is 2. The molecular formula is C13H15BrN2O. The van der Waals surface area contributed by atoms with Gasteiger partial charge >= 0.3 is 0 Å². The van der Waals surface area contributed by atoms with E-state index in [0.717, 1.165) is 23.0 Å². The van der Waals surface area contributed by atoms with Crippen LogP contribution < -0.4 is 5.56 Å². The number of halogens is 1. The fraction of sp³-hybridized carbons (Fsp3) is 0.385. The summed E-state index contributed by atoms with van der Waals surface area (Å²) >= 11 is 3.38. The molecule has 0 aliphatic rings. The van der Waals surface area contributed by atoms with Gasteiger partial charge in [0.15, 0.2) is 0 Å². The third kappa shape index (κ3) is 2.57. The van der Waals surface area contributed by atoms with E-state index in [2.05, 4.69) is 34.8 Å². The van der Waals surface area contributed by atoms with Crippen molar-refractivity contribution >= 4 is 26.8 Å². The van der Waals surface area contributed by atoms with Crippen molar-refractivity contribution in [1.29, 1.82) is 0 Å². The Morgan fingerprint density at radius 2 is 2.24 bits per heavy atom. The molecule has 1 unspecified atom stereocenters. The molecule has 0 saturated carbocycles. The van der Waals surface area contributed by atoms with Crippen LogP contribution in [0, 0.1) is 5.92 Å². The van der Waals surface area contributed by atoms with Crippen LogP contribution in [0.4, 0.5) is 0 Å². The van der Waals surface area contributed by atoms with Crippen molar-refractivity contribution in [1.82, 2.24) is 9.55 Å². The lowest BCUT2D eigenvalue weighted by Crippen LogP contribution is -2.23. The maximum atomic E-state index is 12.2. The fourth-order valence-electron chi connectivity index (χ4n) is 1.73. The van der Waals surface area contributed by atoms with Crippen molar-refractivity contribution < 1.29 is 0 Å². The first-order valence-corrected chi connectivity index (χ1v) is 6.55. The third-order valence-corrected chi connectivity index (χ3v) is 3.49. The molecule has 4 heteroatoms. The highest BCUT2D eigenvalue weighted by Gasteiger charge is 2.06. The first-order chi connectivity index (χ1) is 8.11. The Bertz CT molecular complexity index is 591. The van der Waals surface area contributed by atoms with Crippen molar-refractivity contribution in [2.45, 2.75) is 26.8 Å². The van der Waals surface area contributed by atoms with E-state index in [0.29, 0.717) is 11.3 Å². The molecule has 0 aliphatic carbocycles. The summed E-state index contributed by atoms with van der Waals surface area (Å²) in [7, 11) is 0. The van der Waals surface area contributed by atoms with Gasteiger partial charge in [0.05, 0.1) is 17.2 Å². The van der Waals surface area contributed by atoms with Crippen LogP contribution in [-0.2, 0) is 6.54 Å². The summed E-state index contributed by atoms with van der Waals surface area (Å²) in [4.78, 5) is 16.5. The molecule has 0 N–H and O–H groups in total. The van der Waals surface area contributed by atoms with E-state index in [9.17, 15) is 4.79 Å². The molecule has 0 fully saturated rings. The normalized spacial score (nSPS) is 12.9. The van der Waals surface area contributed by atoms with Crippen LogP contribution in [-0.4, -0.2) is 9.55 Å². The minimum absolute atomic E-state index is 0.0443. The van der Waals surface area contributed by atoms with Gasteiger partial charge < -0.3 is 0 Å². The number of fused-ring (bicyclic) bond motifs is 1. The fourth-order valence-corrected chi connectivity index (χ4v) is 2.08. The minimum atomic E-state index is 0.0443. The highest BCUT2D eigenvalue weighted by molar-refractivity contribution is 9.10. The number of rotatable bonds is 3. The van der Waals surface area contributed by atoms with Gasteiger partial charge in [-0.25, -0.2) is 4.98 Å². The Morgan fingerprint density at radius 1 is 1.47 bits per heavy atom. The molecule has 0 spiro atoms. The van der Waals surface area contributed by atoms with Gasteiger partial charge in [0, 0.05) is 11.0 Å². The molecule has 3 nitrogen and oxygen atoms in total. The quantitative estimate of drug-likeness (QED) is 0.871. The van der Waals surface area contributed by atoms with Crippen LogP contribution in [0.5, 0.6) is 0 Å². The van der Waals surface area contributed by atoms with Crippen LogP contribution >= 0.6 is 15.9 Å². The molecule has 1 aromatic carbocycles. The minimum Gasteiger partial charge on any atom is -0.298 e. The lowest BCUT2D eigenvalue weighted by atomic mass is 10.1. The van der Waals surface area contributed by atoms with Crippen LogP contribution in [0.15, 0.2) is 33.8 Å². The zero-order valence-electron chi connectivity index (χ0n) is 9.98. The van der Waals surface area contributed by atoms with Gasteiger partial charge in [-0.1, -0.05) is 36.2 Å². The zero-order valence-corrected chi connectivity index (χ0v) is 11.6. The van der Waals surface area contributed by atoms with E-state index in [4.69, 9.17) is 0 Å². The predicted octanol–water partition coefficient (Wildman–Crippen LogP) is 3.21. The number of hydrogen-bond acceptors (Lipinski definition) is 2. The van der Waals surface area contributed by atoms with Crippen LogP contribution in [0.1, 0.15) is 20.3 Å². The maximum absolute atomic E-state index is 12.2. The van der Waals surface area contributed by atoms with Gasteiger partial charge in [-0.15, -0.1) is 0 Å². The molecule has 90 valence electrons. The Hall–Kier alpha value is -1.16. The van der Waals surface area contributed by atoms with Crippen LogP contribution in [0.3, 0.4) is 0 Å². The number of hydrogen-bond donors (Lipinski definition) is 0. The smallest absolute Gasteiger partial charge is 0.261 e. The average Bonchev–Trinajstić information content (AvgIpc) is 2.32. The summed E-state index contributed by atoms with van der Waals surface area (Å²) in [6.45, 7) is 4.99. The molecular weight excluding hydrogens is 280 g/mol. The Labute approximate surface area is 109 Å². The molecule has 0 radical (unpaired) electrons. The van der Waals surface area contributed by atoms with E-state index in [1.54, 1.807) is 10.9 Å². The highest BCUT2D eigenvalue weighted by Crippen LogP contribution is 2.15. The Balaban J connectivity index is 2.51. The SMILES string of the molecule is CCC(C)Cn1cnc2cc(Br)ccc2c1=O. The molecule has 1 heterocycles. The van der Waals surface area contributed by atoms with Gasteiger partial charge in [-0.2, -0.15) is 0 Å². The Kier molecular flexibility index (Phi) is 3.62. The van der Waals surface area contributed by atoms with E-state index in [-0.39, 0.29) is 5.56 Å². The molecule has 0 aliphatic heterocycles. The summed E-state index contributed by atoms with van der Waals surface area (Å²) in [5.74, 6) is 0.488. The standard InChI is InChI=1S/C13H15BrN2O/c1-3-9(2)7-16-8-15-12-6-10(14)4-5-11(12)13(16)17/h4-6,8-9H,3,7H2,1-2H3. The van der Waals surface area contributed by atoms with Crippen molar-refractivity contribution in [2.75, 3.05) is 0 Å². The summed E-state index contributed by atoms with van der Waals surface area (Å²) in [6, 6.07) is 5.56. The third-order valence-electron chi connectivity index (χ3n) is 2.99. The molecule has 2 rings (SSSR count). The molecule has 1 atom stereocenters. The lowest BCUT2D eigenvalue weighted by molar-refractivity contribution is 0.458. The summed E-state index contributed by atoms with van der Waals surface area (Å²) in [5, 5.41) is 0.680. The van der Waals surface area contributed by atoms with E-state index in [1.807, 2.05) is 18.2 Å². The van der Waals surface area contributed by atoms with Crippen molar-refractivity contribution in [3.8, 4) is 0 Å². The highest BCUT2D eigenvalue weighted by atomic mass is 79.9. The Morgan fingerprint density at radius 3 is 2.94 bits per heavy atom. The number of aromatic nitrogens is 2. The van der Waals surface area contributed by atoms with Gasteiger partial charge in [0.25, 0.3) is 5.56 Å². The number of benzene rings is 1. The summed E-state index contributed by atoms with van der Waals surface area (Å²) in [5.41, 5.74) is 0.785. The van der Waals surface area contributed by atoms with Crippen molar-refractivity contribution in [2.24, 2.45) is 5.92 Å². The molecule has 0 saturated heterocycles. The van der Waals surface area contributed by atoms with Crippen LogP contribution in [0.25, 0.3) is 10.9 Å². The van der Waals surface area contributed by atoms with Gasteiger partial charge in [0.1, 0.15) is 0 Å². The van der Waals surface area contributed by atoms with E-state index < -0.39 is 0 Å². The molecule has 0 amide bonds. The predicted molar refractivity (Wildman–Crippen MR) is 73.2 cm³/mol. The largest absolute Gasteiger partial charge is 0.298 e. The first kappa shape index (κ1) is 12.3. The second-order valence-electron chi connectivity index (χ2n) is 4.38. The van der Waals surface area contributed by atoms with Gasteiger partial charge in [-0.3, -0.25) is 9.36 Å². The van der Waals surface area contributed by atoms with Crippen molar-refractivity contribution in [3.63, 3.8) is 0 Å². The van der Waals surface area contributed by atoms with E-state index >= 15 is 0 Å².